The Morgan fingerprint density at radius 2 is 1.93 bits per heavy atom. The van der Waals surface area contributed by atoms with Gasteiger partial charge >= 0.3 is 0 Å². The summed E-state index contributed by atoms with van der Waals surface area (Å²) >= 11 is 0. The summed E-state index contributed by atoms with van der Waals surface area (Å²) in [5.74, 6) is 0.829. The Bertz CT molecular complexity index is 336. The van der Waals surface area contributed by atoms with E-state index in [2.05, 4.69) is 16.1 Å². The number of nitrogens with zero attached hydrogens (tertiary/aromatic N) is 3. The SMILES string of the molecule is Cc1cc(C)cc(OCCN=[N+]=[N-])c1. The molecular weight excluding hydrogens is 178 g/mol. The normalized spacial score (nSPS) is 9.29. The molecule has 0 saturated heterocycles. The van der Waals surface area contributed by atoms with Crippen LogP contribution in [0.25, 0.3) is 10.4 Å². The number of hydrogen-bond acceptors (Lipinski definition) is 2. The smallest absolute Gasteiger partial charge is 0.119 e. The van der Waals surface area contributed by atoms with E-state index in [1.807, 2.05) is 26.0 Å². The third kappa shape index (κ3) is 3.37. The first-order valence-electron chi connectivity index (χ1n) is 4.44. The highest BCUT2D eigenvalue weighted by Crippen LogP contribution is 2.15. The van der Waals surface area contributed by atoms with E-state index < -0.39 is 0 Å². The van der Waals surface area contributed by atoms with Crippen molar-refractivity contribution < 1.29 is 4.74 Å². The van der Waals surface area contributed by atoms with Crippen molar-refractivity contribution in [2.24, 2.45) is 5.11 Å². The fraction of sp³-hybridized carbons (Fsp3) is 0.400. The van der Waals surface area contributed by atoms with Gasteiger partial charge in [-0.3, -0.25) is 0 Å². The van der Waals surface area contributed by atoms with E-state index in [9.17, 15) is 0 Å². The van der Waals surface area contributed by atoms with Crippen LogP contribution in [0.5, 0.6) is 5.75 Å². The molecule has 1 aromatic carbocycles. The second-order valence-corrected chi connectivity index (χ2v) is 3.13. The van der Waals surface area contributed by atoms with Gasteiger partial charge in [-0.25, -0.2) is 0 Å². The van der Waals surface area contributed by atoms with Gasteiger partial charge in [-0.1, -0.05) is 11.2 Å². The number of aryl methyl sites for hydroxylation is 2. The first-order chi connectivity index (χ1) is 6.72. The lowest BCUT2D eigenvalue weighted by atomic mass is 10.1. The van der Waals surface area contributed by atoms with Crippen LogP contribution >= 0.6 is 0 Å². The van der Waals surface area contributed by atoms with Gasteiger partial charge in [0, 0.05) is 4.91 Å². The Morgan fingerprint density at radius 3 is 2.50 bits per heavy atom. The third-order valence-electron chi connectivity index (χ3n) is 1.72. The lowest BCUT2D eigenvalue weighted by Gasteiger charge is -2.06. The molecule has 0 saturated carbocycles. The van der Waals surface area contributed by atoms with Crippen molar-refractivity contribution in [2.45, 2.75) is 13.8 Å². The van der Waals surface area contributed by atoms with Crippen LogP contribution in [0.15, 0.2) is 23.3 Å². The van der Waals surface area contributed by atoms with E-state index >= 15 is 0 Å². The summed E-state index contributed by atoms with van der Waals surface area (Å²) in [5, 5.41) is 3.39. The Hall–Kier alpha value is -1.67. The van der Waals surface area contributed by atoms with Gasteiger partial charge in [0.2, 0.25) is 0 Å². The molecule has 0 amide bonds. The highest BCUT2D eigenvalue weighted by Gasteiger charge is 1.95. The summed E-state index contributed by atoms with van der Waals surface area (Å²) in [7, 11) is 0. The Labute approximate surface area is 83.1 Å². The monoisotopic (exact) mass is 191 g/mol. The Kier molecular flexibility index (Phi) is 3.83. The number of rotatable bonds is 4. The van der Waals surface area contributed by atoms with Crippen molar-refractivity contribution in [3.05, 3.63) is 39.8 Å². The van der Waals surface area contributed by atoms with Crippen LogP contribution in [0.1, 0.15) is 11.1 Å². The molecule has 0 fully saturated rings. The van der Waals surface area contributed by atoms with Crippen molar-refractivity contribution in [3.8, 4) is 5.75 Å². The molecule has 74 valence electrons. The molecule has 0 bridgehead atoms. The van der Waals surface area contributed by atoms with Crippen LogP contribution in [0.2, 0.25) is 0 Å². The molecule has 0 N–H and O–H groups in total. The van der Waals surface area contributed by atoms with Crippen LogP contribution in [-0.2, 0) is 0 Å². The zero-order valence-corrected chi connectivity index (χ0v) is 8.40. The molecule has 0 unspecified atom stereocenters. The second kappa shape index (κ2) is 5.14. The molecule has 4 heteroatoms. The van der Waals surface area contributed by atoms with Crippen LogP contribution in [0.4, 0.5) is 0 Å². The molecule has 0 radical (unpaired) electrons. The van der Waals surface area contributed by atoms with E-state index in [-0.39, 0.29) is 0 Å². The summed E-state index contributed by atoms with van der Waals surface area (Å²) in [5.41, 5.74) is 10.4. The summed E-state index contributed by atoms with van der Waals surface area (Å²) < 4.78 is 5.40. The van der Waals surface area contributed by atoms with Gasteiger partial charge in [0.05, 0.1) is 13.2 Å². The Balaban J connectivity index is 2.54. The zero-order valence-electron chi connectivity index (χ0n) is 8.40. The maximum absolute atomic E-state index is 8.05. The van der Waals surface area contributed by atoms with Gasteiger partial charge in [-0.15, -0.1) is 0 Å². The van der Waals surface area contributed by atoms with Gasteiger partial charge < -0.3 is 4.74 Å². The first kappa shape index (κ1) is 10.4. The molecule has 0 aromatic heterocycles. The average Bonchev–Trinajstić information content (AvgIpc) is 2.11. The van der Waals surface area contributed by atoms with Crippen LogP contribution in [-0.4, -0.2) is 13.2 Å². The topological polar surface area (TPSA) is 58.0 Å². The number of benzene rings is 1. The van der Waals surface area contributed by atoms with Gasteiger partial charge in [0.15, 0.2) is 0 Å². The van der Waals surface area contributed by atoms with Gasteiger partial charge in [0.1, 0.15) is 5.75 Å². The van der Waals surface area contributed by atoms with Gasteiger partial charge in [-0.05, 0) is 42.6 Å². The largest absolute Gasteiger partial charge is 0.493 e. The maximum Gasteiger partial charge on any atom is 0.119 e. The number of ether oxygens (including phenoxy) is 1. The highest BCUT2D eigenvalue weighted by atomic mass is 16.5. The molecule has 0 heterocycles. The predicted molar refractivity (Wildman–Crippen MR) is 55.4 cm³/mol. The van der Waals surface area contributed by atoms with Crippen molar-refractivity contribution in [1.82, 2.24) is 0 Å². The minimum absolute atomic E-state index is 0.365. The average molecular weight is 191 g/mol. The lowest BCUT2D eigenvalue weighted by Crippen LogP contribution is -2.00. The van der Waals surface area contributed by atoms with Gasteiger partial charge in [-0.2, -0.15) is 0 Å². The summed E-state index contributed by atoms with van der Waals surface area (Å²) in [6, 6.07) is 6.01. The molecular formula is C10H13N3O. The van der Waals surface area contributed by atoms with Crippen LogP contribution in [0, 0.1) is 13.8 Å². The van der Waals surface area contributed by atoms with Crippen molar-refractivity contribution in [3.63, 3.8) is 0 Å². The number of azide groups is 1. The molecule has 1 aromatic rings. The molecule has 0 aliphatic heterocycles. The molecule has 14 heavy (non-hydrogen) atoms. The standard InChI is InChI=1S/C10H13N3O/c1-8-5-9(2)7-10(6-8)14-4-3-12-13-11/h5-7H,3-4H2,1-2H3. The van der Waals surface area contributed by atoms with Crippen molar-refractivity contribution >= 4 is 0 Å². The molecule has 0 aliphatic rings. The lowest BCUT2D eigenvalue weighted by molar-refractivity contribution is 0.328. The molecule has 0 aliphatic carbocycles. The summed E-state index contributed by atoms with van der Waals surface area (Å²) in [6.07, 6.45) is 0. The van der Waals surface area contributed by atoms with Crippen molar-refractivity contribution in [2.75, 3.05) is 13.2 Å². The van der Waals surface area contributed by atoms with E-state index in [0.29, 0.717) is 13.2 Å². The minimum Gasteiger partial charge on any atom is -0.493 e. The second-order valence-electron chi connectivity index (χ2n) is 3.13. The van der Waals surface area contributed by atoms with E-state index in [0.717, 1.165) is 5.75 Å². The predicted octanol–water partition coefficient (Wildman–Crippen LogP) is 2.99. The molecule has 1 rings (SSSR count). The Morgan fingerprint density at radius 1 is 1.29 bits per heavy atom. The van der Waals surface area contributed by atoms with Gasteiger partial charge in [0.25, 0.3) is 0 Å². The highest BCUT2D eigenvalue weighted by molar-refractivity contribution is 5.32. The summed E-state index contributed by atoms with van der Waals surface area (Å²) in [4.78, 5) is 2.65. The first-order valence-corrected chi connectivity index (χ1v) is 4.44. The van der Waals surface area contributed by atoms with E-state index in [4.69, 9.17) is 10.3 Å². The molecule has 0 spiro atoms. The van der Waals surface area contributed by atoms with E-state index in [1.54, 1.807) is 0 Å². The van der Waals surface area contributed by atoms with Crippen LogP contribution < -0.4 is 4.74 Å². The van der Waals surface area contributed by atoms with E-state index in [1.165, 1.54) is 11.1 Å². The maximum atomic E-state index is 8.05. The number of hydrogen-bond donors (Lipinski definition) is 0. The van der Waals surface area contributed by atoms with Crippen LogP contribution in [0.3, 0.4) is 0 Å². The quantitative estimate of drug-likeness (QED) is 0.312. The minimum atomic E-state index is 0.365. The third-order valence-corrected chi connectivity index (χ3v) is 1.72. The molecule has 0 atom stereocenters. The fourth-order valence-corrected chi connectivity index (χ4v) is 1.27. The molecule has 4 nitrogen and oxygen atoms in total. The summed E-state index contributed by atoms with van der Waals surface area (Å²) in [6.45, 7) is 4.83. The zero-order chi connectivity index (χ0) is 10.4. The van der Waals surface area contributed by atoms with Crippen molar-refractivity contribution in [1.29, 1.82) is 0 Å². The fourth-order valence-electron chi connectivity index (χ4n) is 1.27.